The number of nitrogen functional groups attached to an aromatic ring is 1. The molecule has 1 saturated heterocycles. The van der Waals surface area contributed by atoms with Gasteiger partial charge in [0.05, 0.1) is 5.69 Å². The van der Waals surface area contributed by atoms with Crippen LogP contribution in [0.4, 0.5) is 11.5 Å². The summed E-state index contributed by atoms with van der Waals surface area (Å²) in [5.41, 5.74) is 6.68. The number of aromatic nitrogens is 1. The van der Waals surface area contributed by atoms with Crippen LogP contribution in [0.15, 0.2) is 16.7 Å². The molecule has 2 heterocycles. The van der Waals surface area contributed by atoms with Gasteiger partial charge in [-0.05, 0) is 34.8 Å². The minimum absolute atomic E-state index is 0.442. The molecule has 0 unspecified atom stereocenters. The number of nitrogens with zero attached hydrogens (tertiary/aromatic N) is 1. The summed E-state index contributed by atoms with van der Waals surface area (Å²) in [6, 6.07) is 2.40. The fourth-order valence-electron chi connectivity index (χ4n) is 1.63. The van der Waals surface area contributed by atoms with Gasteiger partial charge in [0.1, 0.15) is 5.82 Å². The van der Waals surface area contributed by atoms with Gasteiger partial charge in [-0.25, -0.2) is 4.98 Å². The Balaban J connectivity index is 2.05. The first kappa shape index (κ1) is 10.7. The van der Waals surface area contributed by atoms with E-state index in [0.717, 1.165) is 36.2 Å². The zero-order valence-corrected chi connectivity index (χ0v) is 9.96. The maximum absolute atomic E-state index is 5.78. The lowest BCUT2D eigenvalue weighted by atomic mass is 10.1. The zero-order valence-electron chi connectivity index (χ0n) is 8.37. The van der Waals surface area contributed by atoms with Crippen LogP contribution in [0.1, 0.15) is 12.8 Å². The second-order valence-electron chi connectivity index (χ2n) is 3.62. The highest BCUT2D eigenvalue weighted by molar-refractivity contribution is 9.10. The number of hydrogen-bond acceptors (Lipinski definition) is 4. The highest BCUT2D eigenvalue weighted by Crippen LogP contribution is 2.23. The Morgan fingerprint density at radius 1 is 1.47 bits per heavy atom. The van der Waals surface area contributed by atoms with Crippen molar-refractivity contribution >= 4 is 27.4 Å². The molecule has 5 heteroatoms. The summed E-state index contributed by atoms with van der Waals surface area (Å²) in [7, 11) is 0. The van der Waals surface area contributed by atoms with Gasteiger partial charge in [0.15, 0.2) is 0 Å². The van der Waals surface area contributed by atoms with E-state index in [2.05, 4.69) is 26.2 Å². The monoisotopic (exact) mass is 271 g/mol. The number of rotatable bonds is 2. The summed E-state index contributed by atoms with van der Waals surface area (Å²) in [6.45, 7) is 1.64. The van der Waals surface area contributed by atoms with E-state index in [9.17, 15) is 0 Å². The summed E-state index contributed by atoms with van der Waals surface area (Å²) < 4.78 is 6.23. The van der Waals surface area contributed by atoms with Crippen molar-refractivity contribution in [1.82, 2.24) is 4.98 Å². The number of ether oxygens (including phenoxy) is 1. The van der Waals surface area contributed by atoms with E-state index in [1.165, 1.54) is 0 Å². The molecular weight excluding hydrogens is 258 g/mol. The molecule has 1 aliphatic heterocycles. The van der Waals surface area contributed by atoms with E-state index in [0.29, 0.717) is 11.9 Å². The highest BCUT2D eigenvalue weighted by Gasteiger charge is 2.14. The normalized spacial score (nSPS) is 17.7. The van der Waals surface area contributed by atoms with Gasteiger partial charge in [-0.2, -0.15) is 0 Å². The predicted molar refractivity (Wildman–Crippen MR) is 63.8 cm³/mol. The second-order valence-corrected chi connectivity index (χ2v) is 4.53. The second kappa shape index (κ2) is 4.81. The Kier molecular flexibility index (Phi) is 3.43. The Labute approximate surface area is 97.3 Å². The van der Waals surface area contributed by atoms with Crippen LogP contribution >= 0.6 is 15.9 Å². The average molecular weight is 272 g/mol. The van der Waals surface area contributed by atoms with Crippen molar-refractivity contribution in [3.05, 3.63) is 16.7 Å². The van der Waals surface area contributed by atoms with Crippen LogP contribution in [0.5, 0.6) is 0 Å². The third-order valence-electron chi connectivity index (χ3n) is 2.47. The number of hydrogen-bond donors (Lipinski definition) is 2. The molecule has 2 rings (SSSR count). The summed E-state index contributed by atoms with van der Waals surface area (Å²) in [6.07, 6.45) is 3.74. The lowest BCUT2D eigenvalue weighted by Gasteiger charge is -2.24. The van der Waals surface area contributed by atoms with Gasteiger partial charge in [-0.15, -0.1) is 0 Å². The molecule has 0 aromatic carbocycles. The quantitative estimate of drug-likeness (QED) is 0.864. The van der Waals surface area contributed by atoms with E-state index < -0.39 is 0 Å². The molecule has 82 valence electrons. The number of nitrogens with one attached hydrogen (secondary N) is 1. The van der Waals surface area contributed by atoms with Gasteiger partial charge in [-0.1, -0.05) is 0 Å². The molecule has 1 fully saturated rings. The van der Waals surface area contributed by atoms with Crippen LogP contribution in [0.2, 0.25) is 0 Å². The van der Waals surface area contributed by atoms with Crippen LogP contribution in [-0.4, -0.2) is 24.2 Å². The van der Waals surface area contributed by atoms with E-state index in [1.54, 1.807) is 6.20 Å². The average Bonchev–Trinajstić information content (AvgIpc) is 2.25. The fourth-order valence-corrected chi connectivity index (χ4v) is 1.96. The van der Waals surface area contributed by atoms with Crippen LogP contribution in [0, 0.1) is 0 Å². The molecule has 0 saturated carbocycles. The van der Waals surface area contributed by atoms with Crippen LogP contribution in [0.25, 0.3) is 0 Å². The van der Waals surface area contributed by atoms with Crippen LogP contribution < -0.4 is 11.1 Å². The van der Waals surface area contributed by atoms with E-state index >= 15 is 0 Å². The molecule has 0 amide bonds. The highest BCUT2D eigenvalue weighted by atomic mass is 79.9. The van der Waals surface area contributed by atoms with E-state index in [1.807, 2.05) is 6.07 Å². The minimum atomic E-state index is 0.442. The van der Waals surface area contributed by atoms with Crippen molar-refractivity contribution in [3.8, 4) is 0 Å². The summed E-state index contributed by atoms with van der Waals surface area (Å²) in [4.78, 5) is 4.08. The molecular formula is C10H14BrN3O. The van der Waals surface area contributed by atoms with Gasteiger partial charge in [-0.3, -0.25) is 0 Å². The maximum Gasteiger partial charge on any atom is 0.146 e. The molecule has 3 N–H and O–H groups in total. The standard InChI is InChI=1S/C10H14BrN3O/c11-7-5-9(10(12)13-6-7)14-8-1-3-15-4-2-8/h5-6,8,14H,1-4H2,(H2,12,13). The molecule has 1 aromatic rings. The molecule has 1 aliphatic rings. The van der Waals surface area contributed by atoms with Gasteiger partial charge in [0.2, 0.25) is 0 Å². The smallest absolute Gasteiger partial charge is 0.146 e. The van der Waals surface area contributed by atoms with Gasteiger partial charge >= 0.3 is 0 Å². The Hall–Kier alpha value is -0.810. The molecule has 0 spiro atoms. The fraction of sp³-hybridized carbons (Fsp3) is 0.500. The van der Waals surface area contributed by atoms with Gasteiger partial charge < -0.3 is 15.8 Å². The van der Waals surface area contributed by atoms with Crippen molar-refractivity contribution < 1.29 is 4.74 Å². The number of nitrogens with two attached hydrogens (primary N) is 1. The maximum atomic E-state index is 5.78. The largest absolute Gasteiger partial charge is 0.382 e. The van der Waals surface area contributed by atoms with Crippen LogP contribution in [-0.2, 0) is 4.74 Å². The third kappa shape index (κ3) is 2.82. The summed E-state index contributed by atoms with van der Waals surface area (Å²) in [5.74, 6) is 0.546. The summed E-state index contributed by atoms with van der Waals surface area (Å²) >= 11 is 3.38. The van der Waals surface area contributed by atoms with Crippen molar-refractivity contribution in [2.24, 2.45) is 0 Å². The zero-order chi connectivity index (χ0) is 10.7. The third-order valence-corrected chi connectivity index (χ3v) is 2.90. The Morgan fingerprint density at radius 2 is 2.20 bits per heavy atom. The SMILES string of the molecule is Nc1ncc(Br)cc1NC1CCOCC1. The lowest BCUT2D eigenvalue weighted by Crippen LogP contribution is -2.28. The van der Waals surface area contributed by atoms with Gasteiger partial charge in [0, 0.05) is 29.9 Å². The first-order valence-corrected chi connectivity index (χ1v) is 5.80. The molecule has 0 atom stereocenters. The number of pyridine rings is 1. The predicted octanol–water partition coefficient (Wildman–Crippen LogP) is 2.02. The summed E-state index contributed by atoms with van der Waals surface area (Å²) in [5, 5.41) is 3.39. The molecule has 0 radical (unpaired) electrons. The van der Waals surface area contributed by atoms with E-state index in [4.69, 9.17) is 10.5 Å². The van der Waals surface area contributed by atoms with Crippen molar-refractivity contribution in [1.29, 1.82) is 0 Å². The van der Waals surface area contributed by atoms with Crippen molar-refractivity contribution in [3.63, 3.8) is 0 Å². The number of anilines is 2. The van der Waals surface area contributed by atoms with Crippen LogP contribution in [0.3, 0.4) is 0 Å². The Morgan fingerprint density at radius 3 is 2.93 bits per heavy atom. The van der Waals surface area contributed by atoms with Crippen molar-refractivity contribution in [2.45, 2.75) is 18.9 Å². The van der Waals surface area contributed by atoms with E-state index in [-0.39, 0.29) is 0 Å². The first-order chi connectivity index (χ1) is 7.25. The first-order valence-electron chi connectivity index (χ1n) is 5.01. The molecule has 0 bridgehead atoms. The molecule has 15 heavy (non-hydrogen) atoms. The van der Waals surface area contributed by atoms with Gasteiger partial charge in [0.25, 0.3) is 0 Å². The minimum Gasteiger partial charge on any atom is -0.382 e. The Bertz CT molecular complexity index is 339. The topological polar surface area (TPSA) is 60.2 Å². The number of halogens is 1. The van der Waals surface area contributed by atoms with Crippen molar-refractivity contribution in [2.75, 3.05) is 24.3 Å². The lowest BCUT2D eigenvalue weighted by molar-refractivity contribution is 0.0904. The molecule has 4 nitrogen and oxygen atoms in total. The molecule has 1 aromatic heterocycles. The molecule has 0 aliphatic carbocycles.